The van der Waals surface area contributed by atoms with Crippen molar-refractivity contribution in [1.82, 2.24) is 29.7 Å². The van der Waals surface area contributed by atoms with Crippen molar-refractivity contribution in [1.29, 1.82) is 0 Å². The molecule has 1 unspecified atom stereocenters. The molecule has 2 aromatic heterocycles. The number of likely N-dealkylation sites (N-methyl/N-ethyl adjacent to an activating group) is 1. The van der Waals surface area contributed by atoms with Gasteiger partial charge in [-0.3, -0.25) is 9.88 Å². The Labute approximate surface area is 198 Å². The van der Waals surface area contributed by atoms with Crippen molar-refractivity contribution < 1.29 is 4.39 Å². The third kappa shape index (κ3) is 4.64. The minimum atomic E-state index is -0.264. The molecule has 2 fully saturated rings. The average Bonchev–Trinajstić information content (AvgIpc) is 2.80. The fraction of sp³-hybridized carbons (Fsp3) is 0.417. The highest BCUT2D eigenvalue weighted by molar-refractivity contribution is 5.69. The van der Waals surface area contributed by atoms with Gasteiger partial charge in [0, 0.05) is 69.2 Å². The van der Waals surface area contributed by atoms with E-state index in [2.05, 4.69) is 53.9 Å². The van der Waals surface area contributed by atoms with Crippen molar-refractivity contribution in [3.8, 4) is 0 Å². The Hall–Kier alpha value is -3.37. The molecule has 0 saturated carbocycles. The normalized spacial score (nSPS) is 18.5. The molecule has 0 spiro atoms. The number of benzene rings is 1. The summed E-state index contributed by atoms with van der Waals surface area (Å²) in [5.74, 6) is 1.79. The van der Waals surface area contributed by atoms with Crippen LogP contribution in [0.5, 0.6) is 0 Å². The number of aromatic nitrogens is 4. The van der Waals surface area contributed by atoms with E-state index in [0.717, 1.165) is 56.2 Å². The molecular weight excluding hydrogens is 433 g/mol. The van der Waals surface area contributed by atoms with E-state index in [1.54, 1.807) is 30.7 Å². The van der Waals surface area contributed by atoms with Crippen LogP contribution in [0.4, 0.5) is 27.8 Å². The Balaban J connectivity index is 1.47. The molecule has 0 amide bonds. The van der Waals surface area contributed by atoms with Crippen LogP contribution in [0.25, 0.3) is 0 Å². The molecule has 1 atom stereocenters. The van der Waals surface area contributed by atoms with Crippen molar-refractivity contribution in [3.63, 3.8) is 0 Å². The smallest absolute Gasteiger partial charge is 0.223 e. The summed E-state index contributed by atoms with van der Waals surface area (Å²) in [4.78, 5) is 24.8. The summed E-state index contributed by atoms with van der Waals surface area (Å²) >= 11 is 0. The van der Waals surface area contributed by atoms with Crippen LogP contribution in [0, 0.1) is 5.82 Å². The van der Waals surface area contributed by atoms with Gasteiger partial charge in [0.1, 0.15) is 23.3 Å². The first-order chi connectivity index (χ1) is 16.5. The molecule has 4 heterocycles. The SMILES string of the molecule is CC(c1ccc(F)cc1)c1c(Nc2cnccn2)nc(N)nc1N1CC(N2CCN(C)CC2)C1. The van der Waals surface area contributed by atoms with Gasteiger partial charge in [0.2, 0.25) is 5.95 Å². The van der Waals surface area contributed by atoms with Crippen molar-refractivity contribution in [2.24, 2.45) is 0 Å². The Kier molecular flexibility index (Phi) is 6.25. The van der Waals surface area contributed by atoms with Crippen molar-refractivity contribution in [2.75, 3.05) is 62.3 Å². The summed E-state index contributed by atoms with van der Waals surface area (Å²) in [7, 11) is 2.17. The number of halogens is 1. The molecule has 0 aliphatic carbocycles. The topological polar surface area (TPSA) is 99.3 Å². The number of nitrogens with two attached hydrogens (primary N) is 1. The standard InChI is InChI=1S/C24H30FN9/c1-16(17-3-5-18(25)6-4-17)21-22(29-20-13-27-7-8-28-20)30-24(26)31-23(21)34-14-19(15-34)33-11-9-32(2)10-12-33/h3-8,13,16,19H,9-12,14-15H2,1-2H3,(H3,26,28,29,30,31). The number of hydrogen-bond donors (Lipinski definition) is 2. The third-order valence-corrected chi connectivity index (χ3v) is 6.77. The molecule has 3 aromatic rings. The molecule has 1 aromatic carbocycles. The highest BCUT2D eigenvalue weighted by atomic mass is 19.1. The predicted octanol–water partition coefficient (Wildman–Crippen LogP) is 2.32. The van der Waals surface area contributed by atoms with Gasteiger partial charge < -0.3 is 20.9 Å². The van der Waals surface area contributed by atoms with Gasteiger partial charge in [-0.15, -0.1) is 0 Å². The Morgan fingerprint density at radius 1 is 1.06 bits per heavy atom. The highest BCUT2D eigenvalue weighted by Gasteiger charge is 2.36. The fourth-order valence-corrected chi connectivity index (χ4v) is 4.66. The summed E-state index contributed by atoms with van der Waals surface area (Å²) < 4.78 is 13.6. The number of hydrogen-bond acceptors (Lipinski definition) is 9. The molecule has 3 N–H and O–H groups in total. The van der Waals surface area contributed by atoms with Crippen LogP contribution in [-0.2, 0) is 0 Å². The summed E-state index contributed by atoms with van der Waals surface area (Å²) in [6.45, 7) is 8.19. The number of nitrogen functional groups attached to an aromatic ring is 1. The van der Waals surface area contributed by atoms with E-state index in [4.69, 9.17) is 5.73 Å². The minimum absolute atomic E-state index is 0.0990. The first kappa shape index (κ1) is 22.4. The van der Waals surface area contributed by atoms with Crippen molar-refractivity contribution >= 4 is 23.4 Å². The molecule has 2 aliphatic heterocycles. The molecule has 5 rings (SSSR count). The lowest BCUT2D eigenvalue weighted by Gasteiger charge is -2.49. The lowest BCUT2D eigenvalue weighted by molar-refractivity contribution is 0.0960. The maximum atomic E-state index is 13.6. The lowest BCUT2D eigenvalue weighted by atomic mass is 9.92. The maximum absolute atomic E-state index is 13.6. The number of rotatable bonds is 6. The van der Waals surface area contributed by atoms with E-state index >= 15 is 0 Å². The zero-order valence-corrected chi connectivity index (χ0v) is 19.5. The third-order valence-electron chi connectivity index (χ3n) is 6.77. The van der Waals surface area contributed by atoms with E-state index in [-0.39, 0.29) is 17.7 Å². The second kappa shape index (κ2) is 9.47. The summed E-state index contributed by atoms with van der Waals surface area (Å²) in [5, 5.41) is 3.28. The van der Waals surface area contributed by atoms with E-state index < -0.39 is 0 Å². The molecule has 2 saturated heterocycles. The largest absolute Gasteiger partial charge is 0.368 e. The lowest BCUT2D eigenvalue weighted by Crippen LogP contribution is -2.63. The van der Waals surface area contributed by atoms with Crippen LogP contribution in [-0.4, -0.2) is 82.1 Å². The summed E-state index contributed by atoms with van der Waals surface area (Å²) in [5.41, 5.74) is 8.03. The number of anilines is 4. The second-order valence-electron chi connectivity index (χ2n) is 9.05. The van der Waals surface area contributed by atoms with Crippen LogP contribution in [0.1, 0.15) is 24.0 Å². The van der Waals surface area contributed by atoms with Gasteiger partial charge >= 0.3 is 0 Å². The van der Waals surface area contributed by atoms with Gasteiger partial charge in [0.25, 0.3) is 0 Å². The average molecular weight is 464 g/mol. The Morgan fingerprint density at radius 3 is 2.47 bits per heavy atom. The van der Waals surface area contributed by atoms with Gasteiger partial charge in [0.05, 0.1) is 6.20 Å². The molecule has 2 aliphatic rings. The number of nitrogens with zero attached hydrogens (tertiary/aromatic N) is 7. The summed E-state index contributed by atoms with van der Waals surface area (Å²) in [6, 6.07) is 7.05. The Bertz CT molecular complexity index is 1110. The van der Waals surface area contributed by atoms with Gasteiger partial charge in [-0.1, -0.05) is 19.1 Å². The predicted molar refractivity (Wildman–Crippen MR) is 131 cm³/mol. The van der Waals surface area contributed by atoms with Crippen LogP contribution in [0.15, 0.2) is 42.9 Å². The van der Waals surface area contributed by atoms with Gasteiger partial charge in [-0.25, -0.2) is 9.37 Å². The molecule has 9 nitrogen and oxygen atoms in total. The van der Waals surface area contributed by atoms with Crippen LogP contribution in [0.2, 0.25) is 0 Å². The van der Waals surface area contributed by atoms with Crippen molar-refractivity contribution in [2.45, 2.75) is 18.9 Å². The maximum Gasteiger partial charge on any atom is 0.223 e. The van der Waals surface area contributed by atoms with Crippen molar-refractivity contribution in [3.05, 3.63) is 59.8 Å². The molecule has 10 heteroatoms. The van der Waals surface area contributed by atoms with Gasteiger partial charge in [-0.2, -0.15) is 9.97 Å². The summed E-state index contributed by atoms with van der Waals surface area (Å²) in [6.07, 6.45) is 4.87. The quantitative estimate of drug-likeness (QED) is 0.570. The first-order valence-corrected chi connectivity index (χ1v) is 11.6. The van der Waals surface area contributed by atoms with Gasteiger partial charge in [-0.05, 0) is 24.7 Å². The van der Waals surface area contributed by atoms with E-state index in [9.17, 15) is 4.39 Å². The zero-order valence-electron chi connectivity index (χ0n) is 19.5. The zero-order chi connectivity index (χ0) is 23.7. The molecule has 0 radical (unpaired) electrons. The fourth-order valence-electron chi connectivity index (χ4n) is 4.66. The van der Waals surface area contributed by atoms with E-state index in [1.807, 2.05) is 0 Å². The highest BCUT2D eigenvalue weighted by Crippen LogP contribution is 2.39. The molecular formula is C24H30FN9. The van der Waals surface area contributed by atoms with E-state index in [1.165, 1.54) is 12.1 Å². The molecule has 178 valence electrons. The number of nitrogens with one attached hydrogen (secondary N) is 1. The van der Waals surface area contributed by atoms with E-state index in [0.29, 0.717) is 17.7 Å². The Morgan fingerprint density at radius 2 is 1.79 bits per heavy atom. The van der Waals surface area contributed by atoms with Crippen LogP contribution >= 0.6 is 0 Å². The van der Waals surface area contributed by atoms with Crippen LogP contribution in [0.3, 0.4) is 0 Å². The van der Waals surface area contributed by atoms with Gasteiger partial charge in [0.15, 0.2) is 0 Å². The minimum Gasteiger partial charge on any atom is -0.368 e. The molecule has 34 heavy (non-hydrogen) atoms. The second-order valence-corrected chi connectivity index (χ2v) is 9.05. The number of piperazine rings is 1. The first-order valence-electron chi connectivity index (χ1n) is 11.6. The monoisotopic (exact) mass is 463 g/mol. The molecule has 0 bridgehead atoms. The van der Waals surface area contributed by atoms with Crippen LogP contribution < -0.4 is 16.0 Å².